The second-order valence-electron chi connectivity index (χ2n) is 7.45. The molecule has 0 saturated carbocycles. The third-order valence-electron chi connectivity index (χ3n) is 5.20. The first-order valence-electron chi connectivity index (χ1n) is 9.57. The smallest absolute Gasteiger partial charge is 0.239 e. The molecule has 1 fully saturated rings. The van der Waals surface area contributed by atoms with Crippen LogP contribution in [-0.4, -0.2) is 39.9 Å². The minimum Gasteiger partial charge on any atom is -0.341 e. The predicted octanol–water partition coefficient (Wildman–Crippen LogP) is 3.65. The molecule has 0 radical (unpaired) electrons. The summed E-state index contributed by atoms with van der Waals surface area (Å²) >= 11 is 5.99. The van der Waals surface area contributed by atoms with Gasteiger partial charge in [0.1, 0.15) is 0 Å². The van der Waals surface area contributed by atoms with Gasteiger partial charge in [-0.3, -0.25) is 20.1 Å². The van der Waals surface area contributed by atoms with E-state index in [1.54, 1.807) is 18.6 Å². The van der Waals surface area contributed by atoms with Crippen molar-refractivity contribution in [3.63, 3.8) is 0 Å². The van der Waals surface area contributed by atoms with E-state index in [0.717, 1.165) is 36.6 Å². The largest absolute Gasteiger partial charge is 0.341 e. The number of benzene rings is 1. The Hall–Kier alpha value is -1.98. The van der Waals surface area contributed by atoms with E-state index in [4.69, 9.17) is 11.6 Å². The Morgan fingerprint density at radius 2 is 1.93 bits per heavy atom. The highest BCUT2D eigenvalue weighted by Gasteiger charge is 2.30. The van der Waals surface area contributed by atoms with Crippen molar-refractivity contribution in [3.05, 3.63) is 59.1 Å². The zero-order chi connectivity index (χ0) is 19.2. The SMILES string of the molecule is CC(C)C(NCc1cnccn1)C(=O)N1CCC(c2ccc(Cl)cc2)CC1. The maximum absolute atomic E-state index is 13.1. The number of amides is 1. The number of nitrogens with zero attached hydrogens (tertiary/aromatic N) is 3. The highest BCUT2D eigenvalue weighted by molar-refractivity contribution is 6.30. The Morgan fingerprint density at radius 3 is 2.52 bits per heavy atom. The third-order valence-corrected chi connectivity index (χ3v) is 5.45. The fourth-order valence-corrected chi connectivity index (χ4v) is 3.73. The lowest BCUT2D eigenvalue weighted by atomic mass is 9.89. The lowest BCUT2D eigenvalue weighted by Gasteiger charge is -2.35. The molecular weight excluding hydrogens is 360 g/mol. The topological polar surface area (TPSA) is 58.1 Å². The maximum Gasteiger partial charge on any atom is 0.239 e. The molecule has 6 heteroatoms. The van der Waals surface area contributed by atoms with E-state index in [1.807, 2.05) is 17.0 Å². The van der Waals surface area contributed by atoms with E-state index in [0.29, 0.717) is 12.5 Å². The quantitative estimate of drug-likeness (QED) is 0.823. The van der Waals surface area contributed by atoms with Crippen LogP contribution >= 0.6 is 11.6 Å². The number of carbonyl (C=O) groups is 1. The third kappa shape index (κ3) is 5.27. The van der Waals surface area contributed by atoms with Crippen LogP contribution < -0.4 is 5.32 Å². The van der Waals surface area contributed by atoms with E-state index >= 15 is 0 Å². The van der Waals surface area contributed by atoms with Crippen LogP contribution in [0, 0.1) is 5.92 Å². The van der Waals surface area contributed by atoms with Gasteiger partial charge in [-0.2, -0.15) is 0 Å². The van der Waals surface area contributed by atoms with Gasteiger partial charge in [0.2, 0.25) is 5.91 Å². The summed E-state index contributed by atoms with van der Waals surface area (Å²) in [6.07, 6.45) is 7.03. The molecule has 1 aliphatic heterocycles. The van der Waals surface area contributed by atoms with Crippen molar-refractivity contribution >= 4 is 17.5 Å². The van der Waals surface area contributed by atoms with Crippen LogP contribution in [0.2, 0.25) is 5.02 Å². The zero-order valence-corrected chi connectivity index (χ0v) is 16.7. The van der Waals surface area contributed by atoms with E-state index in [-0.39, 0.29) is 17.9 Å². The number of piperidine rings is 1. The normalized spacial score (nSPS) is 16.5. The van der Waals surface area contributed by atoms with E-state index < -0.39 is 0 Å². The molecule has 1 N–H and O–H groups in total. The average Bonchev–Trinajstić information content (AvgIpc) is 2.69. The molecule has 144 valence electrons. The van der Waals surface area contributed by atoms with Crippen molar-refractivity contribution in [1.29, 1.82) is 0 Å². The number of nitrogens with one attached hydrogen (secondary N) is 1. The summed E-state index contributed by atoms with van der Waals surface area (Å²) in [6, 6.07) is 7.88. The van der Waals surface area contributed by atoms with E-state index in [2.05, 4.69) is 41.3 Å². The molecule has 1 aromatic heterocycles. The summed E-state index contributed by atoms with van der Waals surface area (Å²) in [5, 5.41) is 4.14. The number of carbonyl (C=O) groups excluding carboxylic acids is 1. The minimum atomic E-state index is -0.209. The van der Waals surface area contributed by atoms with Crippen LogP contribution in [-0.2, 0) is 11.3 Å². The van der Waals surface area contributed by atoms with E-state index in [9.17, 15) is 4.79 Å². The molecule has 2 heterocycles. The number of halogens is 1. The molecule has 5 nitrogen and oxygen atoms in total. The molecule has 27 heavy (non-hydrogen) atoms. The summed E-state index contributed by atoms with van der Waals surface area (Å²) in [7, 11) is 0. The number of rotatable bonds is 6. The van der Waals surface area contributed by atoms with E-state index in [1.165, 1.54) is 5.56 Å². The lowest BCUT2D eigenvalue weighted by Crippen LogP contribution is -2.51. The van der Waals surface area contributed by atoms with Crippen molar-refractivity contribution in [3.8, 4) is 0 Å². The van der Waals surface area contributed by atoms with Crippen LogP contribution in [0.4, 0.5) is 0 Å². The first-order valence-corrected chi connectivity index (χ1v) is 9.95. The van der Waals surface area contributed by atoms with Gasteiger partial charge in [-0.1, -0.05) is 37.6 Å². The number of likely N-dealkylation sites (tertiary alicyclic amines) is 1. The van der Waals surface area contributed by atoms with Crippen LogP contribution in [0.3, 0.4) is 0 Å². The summed E-state index contributed by atoms with van der Waals surface area (Å²) in [5.74, 6) is 0.892. The van der Waals surface area contributed by atoms with Gasteiger partial charge >= 0.3 is 0 Å². The first kappa shape index (κ1) is 19.8. The average molecular weight is 387 g/mol. The second kappa shape index (κ2) is 9.29. The van der Waals surface area contributed by atoms with Crippen LogP contribution in [0.15, 0.2) is 42.9 Å². The number of aromatic nitrogens is 2. The number of hydrogen-bond donors (Lipinski definition) is 1. The first-order chi connectivity index (χ1) is 13.0. The summed E-state index contributed by atoms with van der Waals surface area (Å²) in [6.45, 7) is 6.29. The van der Waals surface area contributed by atoms with Crippen molar-refractivity contribution in [1.82, 2.24) is 20.2 Å². The lowest BCUT2D eigenvalue weighted by molar-refractivity contribution is -0.135. The molecule has 3 rings (SSSR count). The van der Waals surface area contributed by atoms with Crippen LogP contribution in [0.25, 0.3) is 0 Å². The standard InChI is InChI=1S/C21H27ClN4O/c1-15(2)20(25-14-19-13-23-9-10-24-19)21(27)26-11-7-17(8-12-26)16-3-5-18(22)6-4-16/h3-6,9-10,13,15,17,20,25H,7-8,11-12,14H2,1-2H3. The highest BCUT2D eigenvalue weighted by atomic mass is 35.5. The molecule has 1 atom stereocenters. The molecule has 2 aromatic rings. The van der Waals surface area contributed by atoms with Gasteiger partial charge in [-0.15, -0.1) is 0 Å². The van der Waals surface area contributed by atoms with Gasteiger partial charge in [-0.05, 0) is 42.4 Å². The summed E-state index contributed by atoms with van der Waals surface area (Å²) in [4.78, 5) is 23.4. The van der Waals surface area contributed by atoms with Crippen molar-refractivity contribution in [2.24, 2.45) is 5.92 Å². The molecule has 1 unspecified atom stereocenters. The Balaban J connectivity index is 1.56. The van der Waals surface area contributed by atoms with Gasteiger partial charge in [0.05, 0.1) is 11.7 Å². The fourth-order valence-electron chi connectivity index (χ4n) is 3.61. The molecule has 0 bridgehead atoms. The van der Waals surface area contributed by atoms with Gasteiger partial charge in [0, 0.05) is 43.2 Å². The molecular formula is C21H27ClN4O. The Bertz CT molecular complexity index is 728. The molecule has 0 aliphatic carbocycles. The van der Waals surface area contributed by atoms with Crippen molar-refractivity contribution in [2.45, 2.75) is 45.2 Å². The van der Waals surface area contributed by atoms with Crippen molar-refractivity contribution < 1.29 is 4.79 Å². The number of hydrogen-bond acceptors (Lipinski definition) is 4. The highest BCUT2D eigenvalue weighted by Crippen LogP contribution is 2.29. The molecule has 1 saturated heterocycles. The monoisotopic (exact) mass is 386 g/mol. The van der Waals surface area contributed by atoms with Gasteiger partial charge in [-0.25, -0.2) is 0 Å². The van der Waals surface area contributed by atoms with Gasteiger partial charge < -0.3 is 4.90 Å². The summed E-state index contributed by atoms with van der Waals surface area (Å²) < 4.78 is 0. The molecule has 1 aliphatic rings. The molecule has 0 spiro atoms. The Morgan fingerprint density at radius 1 is 1.22 bits per heavy atom. The Kier molecular flexibility index (Phi) is 6.80. The Labute approximate surface area is 166 Å². The summed E-state index contributed by atoms with van der Waals surface area (Å²) in [5.41, 5.74) is 2.16. The second-order valence-corrected chi connectivity index (χ2v) is 7.89. The maximum atomic E-state index is 13.1. The fraction of sp³-hybridized carbons (Fsp3) is 0.476. The zero-order valence-electron chi connectivity index (χ0n) is 15.9. The van der Waals surface area contributed by atoms with Crippen LogP contribution in [0.1, 0.15) is 43.9 Å². The molecule has 1 amide bonds. The van der Waals surface area contributed by atoms with Gasteiger partial charge in [0.15, 0.2) is 0 Å². The minimum absolute atomic E-state index is 0.184. The van der Waals surface area contributed by atoms with Crippen molar-refractivity contribution in [2.75, 3.05) is 13.1 Å². The predicted molar refractivity (Wildman–Crippen MR) is 108 cm³/mol. The van der Waals surface area contributed by atoms with Crippen LogP contribution in [0.5, 0.6) is 0 Å². The molecule has 1 aromatic carbocycles. The van der Waals surface area contributed by atoms with Gasteiger partial charge in [0.25, 0.3) is 0 Å².